The molecule has 2 amide bonds. The van der Waals surface area contributed by atoms with Gasteiger partial charge in [0.1, 0.15) is 17.6 Å². The van der Waals surface area contributed by atoms with Crippen LogP contribution in [-0.4, -0.2) is 61.5 Å². The number of ether oxygens (including phenoxy) is 2. The summed E-state index contributed by atoms with van der Waals surface area (Å²) in [4.78, 5) is 30.9. The number of amides is 2. The molecule has 1 aliphatic carbocycles. The first kappa shape index (κ1) is 22.9. The van der Waals surface area contributed by atoms with E-state index in [9.17, 15) is 9.59 Å². The van der Waals surface area contributed by atoms with E-state index in [0.717, 1.165) is 12.8 Å². The van der Waals surface area contributed by atoms with E-state index in [-0.39, 0.29) is 25.3 Å². The summed E-state index contributed by atoms with van der Waals surface area (Å²) in [6.07, 6.45) is 9.71. The van der Waals surface area contributed by atoms with E-state index in [1.807, 2.05) is 13.8 Å². The second kappa shape index (κ2) is 10.4. The van der Waals surface area contributed by atoms with Crippen LogP contribution in [0.2, 0.25) is 0 Å². The number of nitrogens with zero attached hydrogens (tertiary/aromatic N) is 2. The monoisotopic (exact) mass is 408 g/mol. The first-order chi connectivity index (χ1) is 13.8. The van der Waals surface area contributed by atoms with E-state index in [0.29, 0.717) is 24.6 Å². The van der Waals surface area contributed by atoms with Gasteiger partial charge in [0.05, 0.1) is 19.3 Å². The molecule has 1 fully saturated rings. The number of nitrogens with one attached hydrogen (secondary N) is 1. The SMILES string of the molecule is COC1=CC(=O)N([C@@H](CC2CCCC2)C(=O)N=C(N)/C=C\NCC(C)(C)OC)C1.[HH]. The Bertz CT molecular complexity index is 684. The highest BCUT2D eigenvalue weighted by molar-refractivity contribution is 6.03. The molecule has 0 aromatic carbocycles. The number of nitrogens with two attached hydrogens (primary N) is 1. The van der Waals surface area contributed by atoms with E-state index in [4.69, 9.17) is 15.2 Å². The molecule has 0 aromatic rings. The molecule has 3 N–H and O–H groups in total. The fraction of sp³-hybridized carbons (Fsp3) is 0.667. The Morgan fingerprint density at radius 1 is 1.45 bits per heavy atom. The topological polar surface area (TPSA) is 106 Å². The maximum atomic E-state index is 12.9. The van der Waals surface area contributed by atoms with Crippen molar-refractivity contribution in [3.63, 3.8) is 0 Å². The summed E-state index contributed by atoms with van der Waals surface area (Å²) >= 11 is 0. The lowest BCUT2D eigenvalue weighted by molar-refractivity contribution is -0.134. The minimum absolute atomic E-state index is 0. The molecule has 0 aromatic heterocycles. The Kier molecular flexibility index (Phi) is 8.25. The number of carbonyl (C=O) groups is 2. The first-order valence-corrected chi connectivity index (χ1v) is 10.1. The molecule has 8 nitrogen and oxygen atoms in total. The van der Waals surface area contributed by atoms with Crippen molar-refractivity contribution in [1.82, 2.24) is 10.2 Å². The lowest BCUT2D eigenvalue weighted by Crippen LogP contribution is -2.43. The number of amidine groups is 1. The van der Waals surface area contributed by atoms with Crippen molar-refractivity contribution in [3.05, 3.63) is 24.1 Å². The molecule has 1 saturated carbocycles. The molecular formula is C21H36N4O4. The largest absolute Gasteiger partial charge is 0.499 e. The van der Waals surface area contributed by atoms with E-state index < -0.39 is 11.9 Å². The highest BCUT2D eigenvalue weighted by Crippen LogP contribution is 2.31. The summed E-state index contributed by atoms with van der Waals surface area (Å²) in [6.45, 7) is 4.78. The highest BCUT2D eigenvalue weighted by Gasteiger charge is 2.36. The van der Waals surface area contributed by atoms with Crippen LogP contribution >= 0.6 is 0 Å². The molecule has 0 saturated heterocycles. The van der Waals surface area contributed by atoms with Gasteiger partial charge in [-0.3, -0.25) is 9.59 Å². The van der Waals surface area contributed by atoms with Crippen LogP contribution in [0, 0.1) is 5.92 Å². The van der Waals surface area contributed by atoms with Crippen LogP contribution in [0.4, 0.5) is 0 Å². The molecule has 29 heavy (non-hydrogen) atoms. The molecule has 2 rings (SSSR count). The smallest absolute Gasteiger partial charge is 0.270 e. The molecule has 8 heteroatoms. The summed E-state index contributed by atoms with van der Waals surface area (Å²) < 4.78 is 10.5. The van der Waals surface area contributed by atoms with Gasteiger partial charge in [0.25, 0.3) is 11.8 Å². The Balaban J connectivity index is 0.00000450. The fourth-order valence-corrected chi connectivity index (χ4v) is 3.58. The van der Waals surface area contributed by atoms with Crippen molar-refractivity contribution in [2.24, 2.45) is 16.6 Å². The summed E-state index contributed by atoms with van der Waals surface area (Å²) in [6, 6.07) is -0.623. The number of hydrogen-bond acceptors (Lipinski definition) is 5. The van der Waals surface area contributed by atoms with Crippen molar-refractivity contribution < 1.29 is 20.5 Å². The van der Waals surface area contributed by atoms with Crippen LogP contribution < -0.4 is 11.1 Å². The molecule has 1 heterocycles. The van der Waals surface area contributed by atoms with Crippen LogP contribution in [0.5, 0.6) is 0 Å². The summed E-state index contributed by atoms with van der Waals surface area (Å²) in [5.41, 5.74) is 5.60. The Morgan fingerprint density at radius 2 is 2.14 bits per heavy atom. The summed E-state index contributed by atoms with van der Waals surface area (Å²) in [5, 5.41) is 3.08. The second-order valence-electron chi connectivity index (χ2n) is 8.24. The summed E-state index contributed by atoms with van der Waals surface area (Å²) in [7, 11) is 3.17. The Labute approximate surface area is 174 Å². The van der Waals surface area contributed by atoms with Crippen LogP contribution in [-0.2, 0) is 19.1 Å². The van der Waals surface area contributed by atoms with Gasteiger partial charge in [0.15, 0.2) is 0 Å². The van der Waals surface area contributed by atoms with Gasteiger partial charge in [0.2, 0.25) is 0 Å². The van der Waals surface area contributed by atoms with Crippen molar-refractivity contribution in [1.29, 1.82) is 0 Å². The van der Waals surface area contributed by atoms with E-state index in [1.54, 1.807) is 24.3 Å². The lowest BCUT2D eigenvalue weighted by atomic mass is 9.97. The molecule has 0 bridgehead atoms. The lowest BCUT2D eigenvalue weighted by Gasteiger charge is -2.27. The molecule has 0 spiro atoms. The average molecular weight is 409 g/mol. The van der Waals surface area contributed by atoms with Crippen molar-refractivity contribution in [2.45, 2.75) is 57.6 Å². The number of aliphatic imine (C=N–C) groups is 1. The van der Waals surface area contributed by atoms with Gasteiger partial charge >= 0.3 is 0 Å². The first-order valence-electron chi connectivity index (χ1n) is 10.1. The molecule has 0 unspecified atom stereocenters. The molecule has 0 radical (unpaired) electrons. The van der Waals surface area contributed by atoms with Gasteiger partial charge in [-0.2, -0.15) is 4.99 Å². The highest BCUT2D eigenvalue weighted by atomic mass is 16.5. The van der Waals surface area contributed by atoms with E-state index in [1.165, 1.54) is 26.0 Å². The molecular weight excluding hydrogens is 372 g/mol. The second-order valence-corrected chi connectivity index (χ2v) is 8.24. The number of methoxy groups -OCH3 is 2. The van der Waals surface area contributed by atoms with Crippen molar-refractivity contribution >= 4 is 17.6 Å². The third kappa shape index (κ3) is 6.88. The zero-order valence-electron chi connectivity index (χ0n) is 17.9. The van der Waals surface area contributed by atoms with Gasteiger partial charge in [-0.05, 0) is 32.3 Å². The number of carbonyl (C=O) groups excluding carboxylic acids is 2. The minimum Gasteiger partial charge on any atom is -0.499 e. The average Bonchev–Trinajstić information content (AvgIpc) is 3.32. The fourth-order valence-electron chi connectivity index (χ4n) is 3.58. The van der Waals surface area contributed by atoms with E-state index in [2.05, 4.69) is 10.3 Å². The van der Waals surface area contributed by atoms with Gasteiger partial charge < -0.3 is 25.4 Å². The van der Waals surface area contributed by atoms with E-state index >= 15 is 0 Å². The van der Waals surface area contributed by atoms with Gasteiger partial charge in [-0.25, -0.2) is 0 Å². The number of hydrogen-bond donors (Lipinski definition) is 2. The molecule has 1 aliphatic heterocycles. The summed E-state index contributed by atoms with van der Waals surface area (Å²) in [5.74, 6) is 0.469. The quantitative estimate of drug-likeness (QED) is 0.423. The Morgan fingerprint density at radius 3 is 2.72 bits per heavy atom. The predicted octanol–water partition coefficient (Wildman–Crippen LogP) is 1.97. The van der Waals surface area contributed by atoms with Crippen LogP contribution in [0.25, 0.3) is 0 Å². The third-order valence-corrected chi connectivity index (χ3v) is 5.54. The number of rotatable bonds is 10. The molecule has 164 valence electrons. The molecule has 1 atom stereocenters. The van der Waals surface area contributed by atoms with Crippen molar-refractivity contribution in [3.8, 4) is 0 Å². The van der Waals surface area contributed by atoms with Crippen molar-refractivity contribution in [2.75, 3.05) is 27.3 Å². The maximum absolute atomic E-state index is 12.9. The predicted molar refractivity (Wildman–Crippen MR) is 114 cm³/mol. The maximum Gasteiger partial charge on any atom is 0.270 e. The van der Waals surface area contributed by atoms with Gasteiger partial charge in [0, 0.05) is 27.4 Å². The molecule has 2 aliphatic rings. The van der Waals surface area contributed by atoms with Crippen LogP contribution in [0.1, 0.15) is 47.4 Å². The zero-order valence-corrected chi connectivity index (χ0v) is 17.9. The third-order valence-electron chi connectivity index (χ3n) is 5.54. The normalized spacial score (nSPS) is 19.7. The van der Waals surface area contributed by atoms with Gasteiger partial charge in [-0.15, -0.1) is 0 Å². The van der Waals surface area contributed by atoms with Crippen LogP contribution in [0.3, 0.4) is 0 Å². The van der Waals surface area contributed by atoms with Crippen LogP contribution in [0.15, 0.2) is 29.1 Å². The Hall–Kier alpha value is -2.35. The standard InChI is InChI=1S/C21H34N4O4.H2/c1-21(2,29-4)14-23-10-9-18(22)24-20(27)17(11-15-7-5-6-8-15)25-13-16(28-3)12-19(25)26;/h9-10,12,15,17,23H,5-8,11,13-14H2,1-4H3,(H2,22,24,27);1H/b10-9-;/t17-;/m0./s1. The minimum atomic E-state index is -0.623. The zero-order chi connectivity index (χ0) is 21.4. The van der Waals surface area contributed by atoms with Gasteiger partial charge in [-0.1, -0.05) is 25.7 Å².